The number of nitrogens with one attached hydrogen (secondary N) is 2. The van der Waals surface area contributed by atoms with E-state index in [0.717, 1.165) is 5.69 Å². The fourth-order valence-corrected chi connectivity index (χ4v) is 0.804. The zero-order chi connectivity index (χ0) is 8.39. The Labute approximate surface area is 67.8 Å². The van der Waals surface area contributed by atoms with Crippen LogP contribution in [0.1, 0.15) is 0 Å². The molecule has 6 nitrogen and oxygen atoms in total. The molecule has 0 aliphatic carbocycles. The maximum Gasteiger partial charge on any atom is 0.227 e. The number of furan rings is 1. The van der Waals surface area contributed by atoms with Gasteiger partial charge >= 0.3 is 0 Å². The molecule has 0 fully saturated rings. The molecule has 0 unspecified atom stereocenters. The highest BCUT2D eigenvalue weighted by atomic mass is 16.3. The highest BCUT2D eigenvalue weighted by Gasteiger charge is 1.99. The third kappa shape index (κ3) is 1.22. The molecule has 0 bridgehead atoms. The van der Waals surface area contributed by atoms with Gasteiger partial charge in [0.05, 0.1) is 12.0 Å². The number of aromatic amines is 1. The van der Waals surface area contributed by atoms with Gasteiger partial charge in [-0.05, 0) is 6.07 Å². The van der Waals surface area contributed by atoms with E-state index in [4.69, 9.17) is 10.2 Å². The minimum absolute atomic E-state index is 0.279. The van der Waals surface area contributed by atoms with Gasteiger partial charge < -0.3 is 15.5 Å². The first-order valence-electron chi connectivity index (χ1n) is 3.32. The quantitative estimate of drug-likeness (QED) is 0.609. The van der Waals surface area contributed by atoms with Gasteiger partial charge in [-0.25, -0.2) is 0 Å². The Hall–Kier alpha value is -1.98. The summed E-state index contributed by atoms with van der Waals surface area (Å²) in [6.45, 7) is 0. The maximum absolute atomic E-state index is 5.31. The van der Waals surface area contributed by atoms with Crippen LogP contribution in [0, 0.1) is 0 Å². The lowest BCUT2D eigenvalue weighted by atomic mass is 10.5. The maximum atomic E-state index is 5.31. The van der Waals surface area contributed by atoms with Gasteiger partial charge in [-0.2, -0.15) is 0 Å². The van der Waals surface area contributed by atoms with Crippen LogP contribution in [0.5, 0.6) is 0 Å². The molecule has 0 spiro atoms. The molecule has 0 radical (unpaired) electrons. The van der Waals surface area contributed by atoms with Crippen LogP contribution in [0.4, 0.5) is 17.6 Å². The van der Waals surface area contributed by atoms with Gasteiger partial charge in [-0.3, -0.25) is 4.98 Å². The second kappa shape index (κ2) is 2.57. The number of hydrogen-bond acceptors (Lipinski definition) is 5. The lowest BCUT2D eigenvalue weighted by molar-refractivity contribution is 0.568. The van der Waals surface area contributed by atoms with E-state index in [-0.39, 0.29) is 5.95 Å². The molecule has 0 aliphatic rings. The smallest absolute Gasteiger partial charge is 0.227 e. The molecule has 0 saturated carbocycles. The lowest BCUT2D eigenvalue weighted by Crippen LogP contribution is -1.90. The number of nitrogens with zero attached hydrogens (tertiary/aromatic N) is 2. The number of H-pyrrole nitrogens is 1. The highest BCUT2D eigenvalue weighted by Crippen LogP contribution is 2.12. The molecule has 0 aliphatic heterocycles. The first kappa shape index (κ1) is 6.71. The van der Waals surface area contributed by atoms with Gasteiger partial charge in [-0.15, -0.1) is 10.2 Å². The number of aromatic nitrogens is 3. The molecule has 2 rings (SSSR count). The van der Waals surface area contributed by atoms with E-state index in [0.29, 0.717) is 5.95 Å². The van der Waals surface area contributed by atoms with Gasteiger partial charge in [-0.1, -0.05) is 0 Å². The average molecular weight is 165 g/mol. The topological polar surface area (TPSA) is 92.8 Å². The van der Waals surface area contributed by atoms with Crippen molar-refractivity contribution in [3.8, 4) is 0 Å². The van der Waals surface area contributed by atoms with Gasteiger partial charge in [0.1, 0.15) is 6.26 Å². The molecule has 0 amide bonds. The summed E-state index contributed by atoms with van der Waals surface area (Å²) in [4.78, 5) is 2.72. The van der Waals surface area contributed by atoms with E-state index in [1.54, 1.807) is 18.6 Å². The summed E-state index contributed by atoms with van der Waals surface area (Å²) in [7, 11) is 0. The van der Waals surface area contributed by atoms with Crippen molar-refractivity contribution in [3.63, 3.8) is 0 Å². The predicted molar refractivity (Wildman–Crippen MR) is 42.8 cm³/mol. The fourth-order valence-electron chi connectivity index (χ4n) is 0.804. The van der Waals surface area contributed by atoms with Crippen molar-refractivity contribution in [3.05, 3.63) is 18.6 Å². The molecule has 12 heavy (non-hydrogen) atoms. The number of nitrogens with two attached hydrogens (primary N) is 1. The van der Waals surface area contributed by atoms with E-state index in [1.807, 2.05) is 0 Å². The first-order chi connectivity index (χ1) is 5.84. The lowest BCUT2D eigenvalue weighted by Gasteiger charge is -1.93. The molecule has 0 atom stereocenters. The number of nitrogen functional groups attached to an aromatic ring is 1. The van der Waals surface area contributed by atoms with Crippen molar-refractivity contribution in [2.75, 3.05) is 11.1 Å². The molecule has 2 aromatic rings. The van der Waals surface area contributed by atoms with E-state index < -0.39 is 0 Å². The largest absolute Gasteiger partial charge is 0.470 e. The summed E-state index contributed by atoms with van der Waals surface area (Å²) >= 11 is 0. The zero-order valence-corrected chi connectivity index (χ0v) is 6.11. The average Bonchev–Trinajstić information content (AvgIpc) is 2.63. The van der Waals surface area contributed by atoms with Crippen molar-refractivity contribution in [2.45, 2.75) is 0 Å². The predicted octanol–water partition coefficient (Wildman–Crippen LogP) is 0.723. The summed E-state index contributed by atoms with van der Waals surface area (Å²) in [5.74, 6) is 0.773. The van der Waals surface area contributed by atoms with Crippen molar-refractivity contribution >= 4 is 17.6 Å². The summed E-state index contributed by atoms with van der Waals surface area (Å²) in [6, 6.07) is 1.76. The minimum atomic E-state index is 0.279. The first-order valence-corrected chi connectivity index (χ1v) is 3.32. The molecule has 2 heterocycles. The Kier molecular flexibility index (Phi) is 1.44. The van der Waals surface area contributed by atoms with Crippen molar-refractivity contribution in [1.29, 1.82) is 0 Å². The second-order valence-corrected chi connectivity index (χ2v) is 2.20. The monoisotopic (exact) mass is 165 g/mol. The number of hydrogen-bond donors (Lipinski definition) is 3. The Balaban J connectivity index is 2.14. The standard InChI is InChI=1S/C6H7N5O/c7-5-9-6(11-10-5)8-4-1-2-12-3-4/h1-3H,(H4,7,8,9,10,11). The SMILES string of the molecule is Nc1nnc(Nc2ccoc2)[nH]1. The minimum Gasteiger partial charge on any atom is -0.470 e. The van der Waals surface area contributed by atoms with Crippen LogP contribution in [0.15, 0.2) is 23.0 Å². The third-order valence-corrected chi connectivity index (χ3v) is 1.29. The molecule has 62 valence electrons. The van der Waals surface area contributed by atoms with Crippen molar-refractivity contribution in [2.24, 2.45) is 0 Å². The molecule has 0 saturated heterocycles. The summed E-state index contributed by atoms with van der Waals surface area (Å²) in [5.41, 5.74) is 6.11. The second-order valence-electron chi connectivity index (χ2n) is 2.20. The van der Waals surface area contributed by atoms with Crippen LogP contribution < -0.4 is 11.1 Å². The summed E-state index contributed by atoms with van der Waals surface area (Å²) in [6.07, 6.45) is 3.11. The Morgan fingerprint density at radius 2 is 2.42 bits per heavy atom. The number of anilines is 3. The van der Waals surface area contributed by atoms with Crippen molar-refractivity contribution < 1.29 is 4.42 Å². The molecule has 0 aromatic carbocycles. The molecular weight excluding hydrogens is 158 g/mol. The third-order valence-electron chi connectivity index (χ3n) is 1.29. The van der Waals surface area contributed by atoms with E-state index >= 15 is 0 Å². The Morgan fingerprint density at radius 3 is 3.00 bits per heavy atom. The molecule has 6 heteroatoms. The van der Waals surface area contributed by atoms with Gasteiger partial charge in [0.25, 0.3) is 0 Å². The van der Waals surface area contributed by atoms with E-state index in [9.17, 15) is 0 Å². The molecule has 4 N–H and O–H groups in total. The van der Waals surface area contributed by atoms with Crippen LogP contribution in [0.25, 0.3) is 0 Å². The fraction of sp³-hybridized carbons (Fsp3) is 0. The van der Waals surface area contributed by atoms with Gasteiger partial charge in [0.15, 0.2) is 0 Å². The molecular formula is C6H7N5O. The van der Waals surface area contributed by atoms with Crippen LogP contribution in [0.3, 0.4) is 0 Å². The van der Waals surface area contributed by atoms with E-state index in [1.165, 1.54) is 0 Å². The van der Waals surface area contributed by atoms with Crippen molar-refractivity contribution in [1.82, 2.24) is 15.2 Å². The van der Waals surface area contributed by atoms with Gasteiger partial charge in [0, 0.05) is 0 Å². The van der Waals surface area contributed by atoms with Crippen LogP contribution in [-0.2, 0) is 0 Å². The zero-order valence-electron chi connectivity index (χ0n) is 6.11. The van der Waals surface area contributed by atoms with E-state index in [2.05, 4.69) is 20.5 Å². The summed E-state index contributed by atoms with van der Waals surface area (Å²) < 4.78 is 4.84. The van der Waals surface area contributed by atoms with Crippen LogP contribution >= 0.6 is 0 Å². The van der Waals surface area contributed by atoms with Crippen LogP contribution in [0.2, 0.25) is 0 Å². The Morgan fingerprint density at radius 1 is 1.50 bits per heavy atom. The number of rotatable bonds is 2. The normalized spacial score (nSPS) is 10.0. The summed E-state index contributed by atoms with van der Waals surface area (Å²) in [5, 5.41) is 10.2. The van der Waals surface area contributed by atoms with Gasteiger partial charge in [0.2, 0.25) is 11.9 Å². The molecule has 2 aromatic heterocycles. The van der Waals surface area contributed by atoms with Crippen LogP contribution in [-0.4, -0.2) is 15.2 Å². The highest BCUT2D eigenvalue weighted by molar-refractivity contribution is 5.51. The Bertz CT molecular complexity index is 352.